The summed E-state index contributed by atoms with van der Waals surface area (Å²) in [6.45, 7) is 3.61. The zero-order valence-electron chi connectivity index (χ0n) is 19.5. The van der Waals surface area contributed by atoms with Gasteiger partial charge in [0.1, 0.15) is 18.1 Å². The molecule has 0 radical (unpaired) electrons. The first kappa shape index (κ1) is 23.4. The van der Waals surface area contributed by atoms with Crippen LogP contribution >= 0.6 is 0 Å². The van der Waals surface area contributed by atoms with Gasteiger partial charge in [-0.1, -0.05) is 42.5 Å². The van der Waals surface area contributed by atoms with E-state index >= 15 is 0 Å². The van der Waals surface area contributed by atoms with Crippen molar-refractivity contribution < 1.29 is 9.53 Å². The Balaban J connectivity index is 1.30. The summed E-state index contributed by atoms with van der Waals surface area (Å²) in [5.74, 6) is 1.36. The fraction of sp³-hybridized carbons (Fsp3) is 0.346. The van der Waals surface area contributed by atoms with Crippen LogP contribution in [0.2, 0.25) is 0 Å². The molecule has 1 fully saturated rings. The lowest BCUT2D eigenvalue weighted by molar-refractivity contribution is -0.121. The molecule has 1 saturated heterocycles. The fourth-order valence-electron chi connectivity index (χ4n) is 4.14. The van der Waals surface area contributed by atoms with E-state index in [1.54, 1.807) is 13.2 Å². The SMILES string of the molecule is COc1ccccc1N1CCN(c2ccc(=O)n(CC(=O)NCCCc3ccccc3)n2)CC1. The topological polar surface area (TPSA) is 79.7 Å². The van der Waals surface area contributed by atoms with E-state index in [-0.39, 0.29) is 18.0 Å². The first-order chi connectivity index (χ1) is 16.6. The van der Waals surface area contributed by atoms with Crippen molar-refractivity contribution in [3.05, 3.63) is 82.6 Å². The highest BCUT2D eigenvalue weighted by atomic mass is 16.5. The van der Waals surface area contributed by atoms with Gasteiger partial charge in [-0.2, -0.15) is 5.10 Å². The number of methoxy groups -OCH3 is 1. The molecule has 0 bridgehead atoms. The Kier molecular flexibility index (Phi) is 7.80. The number of nitrogens with zero attached hydrogens (tertiary/aromatic N) is 4. The molecule has 178 valence electrons. The van der Waals surface area contributed by atoms with Crippen LogP contribution in [0.25, 0.3) is 0 Å². The Bertz CT molecular complexity index is 1140. The zero-order valence-corrected chi connectivity index (χ0v) is 19.5. The Morgan fingerprint density at radius 2 is 1.65 bits per heavy atom. The maximum absolute atomic E-state index is 12.4. The number of amides is 1. The van der Waals surface area contributed by atoms with Crippen molar-refractivity contribution in [2.45, 2.75) is 19.4 Å². The van der Waals surface area contributed by atoms with Gasteiger partial charge in [0.15, 0.2) is 0 Å². The summed E-state index contributed by atoms with van der Waals surface area (Å²) in [5.41, 5.74) is 2.04. The summed E-state index contributed by atoms with van der Waals surface area (Å²) < 4.78 is 6.73. The quantitative estimate of drug-likeness (QED) is 0.493. The van der Waals surface area contributed by atoms with Crippen molar-refractivity contribution in [2.75, 3.05) is 49.6 Å². The molecule has 0 atom stereocenters. The van der Waals surface area contributed by atoms with Crippen molar-refractivity contribution >= 4 is 17.4 Å². The second kappa shape index (κ2) is 11.4. The van der Waals surface area contributed by atoms with Gasteiger partial charge < -0.3 is 19.9 Å². The van der Waals surface area contributed by atoms with Crippen molar-refractivity contribution in [1.82, 2.24) is 15.1 Å². The standard InChI is InChI=1S/C26H31N5O3/c1-34-23-12-6-5-11-22(23)29-16-18-30(19-17-29)24-13-14-26(33)31(28-24)20-25(32)27-15-7-10-21-8-3-2-4-9-21/h2-6,8-9,11-14H,7,10,15-20H2,1H3,(H,27,32). The van der Waals surface area contributed by atoms with E-state index in [4.69, 9.17) is 4.74 Å². The number of hydrogen-bond donors (Lipinski definition) is 1. The van der Waals surface area contributed by atoms with E-state index in [0.29, 0.717) is 12.4 Å². The number of rotatable bonds is 9. The van der Waals surface area contributed by atoms with Gasteiger partial charge in [-0.25, -0.2) is 4.68 Å². The molecular formula is C26H31N5O3. The Morgan fingerprint density at radius 3 is 2.41 bits per heavy atom. The zero-order chi connectivity index (χ0) is 23.8. The number of aryl methyl sites for hydroxylation is 1. The molecule has 34 heavy (non-hydrogen) atoms. The molecule has 0 aliphatic carbocycles. The highest BCUT2D eigenvalue weighted by Gasteiger charge is 2.21. The van der Waals surface area contributed by atoms with Crippen LogP contribution < -0.4 is 25.4 Å². The average molecular weight is 462 g/mol. The number of nitrogens with one attached hydrogen (secondary N) is 1. The van der Waals surface area contributed by atoms with Gasteiger partial charge in [0, 0.05) is 38.8 Å². The van der Waals surface area contributed by atoms with Crippen LogP contribution in [0.5, 0.6) is 5.75 Å². The molecule has 2 aromatic carbocycles. The predicted octanol–water partition coefficient (Wildman–Crippen LogP) is 2.33. The van der Waals surface area contributed by atoms with Crippen LogP contribution in [0.3, 0.4) is 0 Å². The van der Waals surface area contributed by atoms with Crippen molar-refractivity contribution in [1.29, 1.82) is 0 Å². The van der Waals surface area contributed by atoms with E-state index in [0.717, 1.165) is 50.5 Å². The van der Waals surface area contributed by atoms with Crippen molar-refractivity contribution in [3.63, 3.8) is 0 Å². The average Bonchev–Trinajstić information content (AvgIpc) is 2.88. The first-order valence-electron chi connectivity index (χ1n) is 11.7. The summed E-state index contributed by atoms with van der Waals surface area (Å²) in [6.07, 6.45) is 1.74. The largest absolute Gasteiger partial charge is 0.495 e. The lowest BCUT2D eigenvalue weighted by atomic mass is 10.1. The van der Waals surface area contributed by atoms with Crippen LogP contribution in [-0.2, 0) is 17.8 Å². The number of para-hydroxylation sites is 2. The third-order valence-corrected chi connectivity index (χ3v) is 5.98. The van der Waals surface area contributed by atoms with Crippen LogP contribution in [0.1, 0.15) is 12.0 Å². The summed E-state index contributed by atoms with van der Waals surface area (Å²) in [4.78, 5) is 29.1. The van der Waals surface area contributed by atoms with Gasteiger partial charge in [-0.15, -0.1) is 0 Å². The summed E-state index contributed by atoms with van der Waals surface area (Å²) in [5, 5.41) is 7.36. The normalized spacial score (nSPS) is 13.6. The van der Waals surface area contributed by atoms with E-state index in [1.807, 2.05) is 36.4 Å². The van der Waals surface area contributed by atoms with E-state index < -0.39 is 0 Å². The number of carbonyl (C=O) groups excluding carboxylic acids is 1. The maximum Gasteiger partial charge on any atom is 0.267 e. The number of anilines is 2. The molecule has 1 amide bonds. The van der Waals surface area contributed by atoms with Gasteiger partial charge in [0.25, 0.3) is 5.56 Å². The van der Waals surface area contributed by atoms with Gasteiger partial charge >= 0.3 is 0 Å². The maximum atomic E-state index is 12.4. The van der Waals surface area contributed by atoms with Gasteiger partial charge in [-0.3, -0.25) is 9.59 Å². The number of aromatic nitrogens is 2. The molecule has 4 rings (SSSR count). The highest BCUT2D eigenvalue weighted by molar-refractivity contribution is 5.75. The lowest BCUT2D eigenvalue weighted by Crippen LogP contribution is -2.47. The highest BCUT2D eigenvalue weighted by Crippen LogP contribution is 2.28. The third kappa shape index (κ3) is 5.95. The van der Waals surface area contributed by atoms with E-state index in [1.165, 1.54) is 16.3 Å². The molecule has 0 unspecified atom stereocenters. The second-order valence-electron chi connectivity index (χ2n) is 8.27. The van der Waals surface area contributed by atoms with E-state index in [9.17, 15) is 9.59 Å². The number of benzene rings is 2. The summed E-state index contributed by atoms with van der Waals surface area (Å²) in [7, 11) is 1.68. The summed E-state index contributed by atoms with van der Waals surface area (Å²) in [6, 6.07) is 21.4. The molecule has 1 aliphatic rings. The molecule has 1 N–H and O–H groups in total. The smallest absolute Gasteiger partial charge is 0.267 e. The molecular weight excluding hydrogens is 430 g/mol. The molecule has 1 aliphatic heterocycles. The van der Waals surface area contributed by atoms with Crippen molar-refractivity contribution in [3.8, 4) is 5.75 Å². The van der Waals surface area contributed by atoms with E-state index in [2.05, 4.69) is 38.4 Å². The minimum atomic E-state index is -0.282. The number of piperazine rings is 1. The molecule has 2 heterocycles. The van der Waals surface area contributed by atoms with Gasteiger partial charge in [0.2, 0.25) is 5.91 Å². The van der Waals surface area contributed by atoms with Crippen LogP contribution in [-0.4, -0.2) is 55.5 Å². The predicted molar refractivity (Wildman–Crippen MR) is 134 cm³/mol. The molecule has 1 aromatic heterocycles. The van der Waals surface area contributed by atoms with Gasteiger partial charge in [-0.05, 0) is 36.6 Å². The molecule has 8 heteroatoms. The number of carbonyl (C=O) groups is 1. The van der Waals surface area contributed by atoms with Crippen LogP contribution in [0, 0.1) is 0 Å². The molecule has 8 nitrogen and oxygen atoms in total. The fourth-order valence-corrected chi connectivity index (χ4v) is 4.14. The number of ether oxygens (including phenoxy) is 1. The Hall–Kier alpha value is -3.81. The van der Waals surface area contributed by atoms with Crippen molar-refractivity contribution in [2.24, 2.45) is 0 Å². The second-order valence-corrected chi connectivity index (χ2v) is 8.27. The first-order valence-corrected chi connectivity index (χ1v) is 11.7. The summed E-state index contributed by atoms with van der Waals surface area (Å²) >= 11 is 0. The lowest BCUT2D eigenvalue weighted by Gasteiger charge is -2.37. The Labute approximate surface area is 199 Å². The van der Waals surface area contributed by atoms with Crippen LogP contribution in [0.15, 0.2) is 71.5 Å². The third-order valence-electron chi connectivity index (χ3n) is 5.98. The minimum absolute atomic E-state index is 0.0841. The number of hydrogen-bond acceptors (Lipinski definition) is 6. The monoisotopic (exact) mass is 461 g/mol. The molecule has 0 spiro atoms. The Morgan fingerprint density at radius 1 is 0.941 bits per heavy atom. The molecule has 3 aromatic rings. The van der Waals surface area contributed by atoms with Crippen LogP contribution in [0.4, 0.5) is 11.5 Å². The minimum Gasteiger partial charge on any atom is -0.495 e. The molecule has 0 saturated carbocycles. The van der Waals surface area contributed by atoms with Gasteiger partial charge in [0.05, 0.1) is 12.8 Å².